The van der Waals surface area contributed by atoms with E-state index >= 15 is 0 Å². The van der Waals surface area contributed by atoms with E-state index in [9.17, 15) is 9.18 Å². The first-order valence-corrected chi connectivity index (χ1v) is 9.92. The van der Waals surface area contributed by atoms with E-state index in [4.69, 9.17) is 0 Å². The molecule has 0 aliphatic carbocycles. The SMILES string of the molecule is CN=C(NCC(=O)Nc1ccc(F)cc1)NC(C)c1cccc(N2CCCC2)c1.I. The van der Waals surface area contributed by atoms with Gasteiger partial charge in [0, 0.05) is 31.5 Å². The molecule has 1 amide bonds. The van der Waals surface area contributed by atoms with Gasteiger partial charge in [0.1, 0.15) is 5.82 Å². The van der Waals surface area contributed by atoms with Crippen LogP contribution in [0.15, 0.2) is 53.5 Å². The van der Waals surface area contributed by atoms with E-state index < -0.39 is 0 Å². The highest BCUT2D eigenvalue weighted by atomic mass is 127. The van der Waals surface area contributed by atoms with Crippen molar-refractivity contribution in [2.45, 2.75) is 25.8 Å². The van der Waals surface area contributed by atoms with E-state index in [0.717, 1.165) is 18.7 Å². The molecule has 1 aliphatic rings. The van der Waals surface area contributed by atoms with Crippen molar-refractivity contribution < 1.29 is 9.18 Å². The van der Waals surface area contributed by atoms with Crippen LogP contribution in [-0.2, 0) is 4.79 Å². The van der Waals surface area contributed by atoms with Crippen molar-refractivity contribution in [3.8, 4) is 0 Å². The van der Waals surface area contributed by atoms with Crippen molar-refractivity contribution in [3.63, 3.8) is 0 Å². The summed E-state index contributed by atoms with van der Waals surface area (Å²) in [5.74, 6) is -0.0323. The number of aliphatic imine (C=N–C) groups is 1. The van der Waals surface area contributed by atoms with E-state index in [1.165, 1.54) is 42.8 Å². The van der Waals surface area contributed by atoms with Gasteiger partial charge in [-0.1, -0.05) is 12.1 Å². The van der Waals surface area contributed by atoms with Gasteiger partial charge in [0.15, 0.2) is 5.96 Å². The van der Waals surface area contributed by atoms with Crippen molar-refractivity contribution in [1.29, 1.82) is 0 Å². The van der Waals surface area contributed by atoms with Gasteiger partial charge in [-0.3, -0.25) is 9.79 Å². The Morgan fingerprint density at radius 1 is 1.17 bits per heavy atom. The molecule has 0 aromatic heterocycles. The van der Waals surface area contributed by atoms with Gasteiger partial charge in [0.25, 0.3) is 0 Å². The van der Waals surface area contributed by atoms with Crippen LogP contribution in [0.4, 0.5) is 15.8 Å². The highest BCUT2D eigenvalue weighted by Crippen LogP contribution is 2.23. The predicted octanol–water partition coefficient (Wildman–Crippen LogP) is 3.91. The fraction of sp³-hybridized carbons (Fsp3) is 0.364. The fourth-order valence-electron chi connectivity index (χ4n) is 3.35. The van der Waals surface area contributed by atoms with Gasteiger partial charge in [-0.2, -0.15) is 0 Å². The fourth-order valence-corrected chi connectivity index (χ4v) is 3.35. The molecule has 1 saturated heterocycles. The summed E-state index contributed by atoms with van der Waals surface area (Å²) >= 11 is 0. The molecular weight excluding hydrogens is 496 g/mol. The van der Waals surface area contributed by atoms with Crippen LogP contribution >= 0.6 is 24.0 Å². The Kier molecular flexibility index (Phi) is 9.35. The van der Waals surface area contributed by atoms with E-state index in [-0.39, 0.29) is 48.3 Å². The molecule has 0 spiro atoms. The minimum absolute atomic E-state index is 0. The van der Waals surface area contributed by atoms with Crippen LogP contribution in [-0.4, -0.2) is 38.5 Å². The molecule has 1 atom stereocenters. The molecule has 1 heterocycles. The molecule has 3 N–H and O–H groups in total. The molecule has 0 radical (unpaired) electrons. The summed E-state index contributed by atoms with van der Waals surface area (Å²) in [6.07, 6.45) is 2.49. The molecule has 1 fully saturated rings. The average molecular weight is 525 g/mol. The third-order valence-electron chi connectivity index (χ3n) is 4.96. The van der Waals surface area contributed by atoms with E-state index in [1.807, 2.05) is 0 Å². The number of nitrogens with zero attached hydrogens (tertiary/aromatic N) is 2. The van der Waals surface area contributed by atoms with Crippen molar-refractivity contribution in [2.75, 3.05) is 36.9 Å². The summed E-state index contributed by atoms with van der Waals surface area (Å²) in [4.78, 5) is 18.7. The first-order chi connectivity index (χ1) is 14.0. The Labute approximate surface area is 194 Å². The highest BCUT2D eigenvalue weighted by Gasteiger charge is 2.15. The summed E-state index contributed by atoms with van der Waals surface area (Å²) in [5.41, 5.74) is 2.96. The summed E-state index contributed by atoms with van der Waals surface area (Å²) in [6.45, 7) is 4.33. The van der Waals surface area contributed by atoms with Crippen LogP contribution in [0.3, 0.4) is 0 Å². The molecule has 3 rings (SSSR count). The molecule has 1 unspecified atom stereocenters. The maximum absolute atomic E-state index is 12.9. The topological polar surface area (TPSA) is 68.8 Å². The Hall–Kier alpha value is -2.36. The number of rotatable bonds is 6. The number of guanidine groups is 1. The van der Waals surface area contributed by atoms with E-state index in [1.54, 1.807) is 7.05 Å². The van der Waals surface area contributed by atoms with Gasteiger partial charge >= 0.3 is 0 Å². The lowest BCUT2D eigenvalue weighted by atomic mass is 10.1. The first kappa shape index (κ1) is 23.9. The molecule has 1 aliphatic heterocycles. The predicted molar refractivity (Wildman–Crippen MR) is 131 cm³/mol. The second-order valence-electron chi connectivity index (χ2n) is 7.14. The minimum Gasteiger partial charge on any atom is -0.372 e. The molecule has 0 bridgehead atoms. The van der Waals surface area contributed by atoms with Crippen molar-refractivity contribution >= 4 is 47.2 Å². The number of benzene rings is 2. The number of carbonyl (C=O) groups excluding carboxylic acids is 1. The lowest BCUT2D eigenvalue weighted by molar-refractivity contribution is -0.115. The van der Waals surface area contributed by atoms with Gasteiger partial charge in [-0.25, -0.2) is 4.39 Å². The van der Waals surface area contributed by atoms with Crippen molar-refractivity contribution in [2.24, 2.45) is 4.99 Å². The van der Waals surface area contributed by atoms with Gasteiger partial charge in [-0.15, -0.1) is 24.0 Å². The van der Waals surface area contributed by atoms with Gasteiger partial charge < -0.3 is 20.9 Å². The largest absolute Gasteiger partial charge is 0.372 e. The Balaban J connectivity index is 0.00000320. The Bertz CT molecular complexity index is 853. The quantitative estimate of drug-likeness (QED) is 0.304. The Morgan fingerprint density at radius 3 is 2.53 bits per heavy atom. The number of hydrogen-bond acceptors (Lipinski definition) is 3. The second kappa shape index (κ2) is 11.7. The zero-order chi connectivity index (χ0) is 20.6. The first-order valence-electron chi connectivity index (χ1n) is 9.92. The monoisotopic (exact) mass is 525 g/mol. The summed E-state index contributed by atoms with van der Waals surface area (Å²) in [6, 6.07) is 14.2. The standard InChI is InChI=1S/C22H28FN5O.HI/c1-16(17-6-5-7-20(14-17)28-12-3-4-13-28)26-22(24-2)25-15-21(29)27-19-10-8-18(23)9-11-19;/h5-11,14,16H,3-4,12-13,15H2,1-2H3,(H,27,29)(H2,24,25,26);1H. The number of amides is 1. The Morgan fingerprint density at radius 2 is 1.87 bits per heavy atom. The minimum atomic E-state index is -0.339. The van der Waals surface area contributed by atoms with Gasteiger partial charge in [-0.05, 0) is 61.7 Å². The number of hydrogen-bond donors (Lipinski definition) is 3. The molecule has 6 nitrogen and oxygen atoms in total. The third kappa shape index (κ3) is 6.86. The highest BCUT2D eigenvalue weighted by molar-refractivity contribution is 14.0. The molecule has 2 aromatic rings. The molecule has 162 valence electrons. The maximum Gasteiger partial charge on any atom is 0.243 e. The number of carbonyl (C=O) groups is 1. The van der Waals surface area contributed by atoms with Crippen LogP contribution in [0.2, 0.25) is 0 Å². The van der Waals surface area contributed by atoms with Crippen LogP contribution in [0.5, 0.6) is 0 Å². The summed E-state index contributed by atoms with van der Waals surface area (Å²) < 4.78 is 12.9. The van der Waals surface area contributed by atoms with Gasteiger partial charge in [0.05, 0.1) is 12.6 Å². The third-order valence-corrected chi connectivity index (χ3v) is 4.96. The van der Waals surface area contributed by atoms with Crippen LogP contribution in [0, 0.1) is 5.82 Å². The summed E-state index contributed by atoms with van der Waals surface area (Å²) in [7, 11) is 1.67. The lowest BCUT2D eigenvalue weighted by Crippen LogP contribution is -2.42. The zero-order valence-electron chi connectivity index (χ0n) is 17.3. The lowest BCUT2D eigenvalue weighted by Gasteiger charge is -2.22. The normalized spacial score (nSPS) is 14.6. The molecule has 0 saturated carbocycles. The molecule has 30 heavy (non-hydrogen) atoms. The second-order valence-corrected chi connectivity index (χ2v) is 7.14. The van der Waals surface area contributed by atoms with E-state index in [2.05, 4.69) is 57.0 Å². The number of anilines is 2. The summed E-state index contributed by atoms with van der Waals surface area (Å²) in [5, 5.41) is 9.05. The molecular formula is C22H29FIN5O. The maximum atomic E-state index is 12.9. The zero-order valence-corrected chi connectivity index (χ0v) is 19.7. The van der Waals surface area contributed by atoms with Gasteiger partial charge in [0.2, 0.25) is 5.91 Å². The average Bonchev–Trinajstić information content (AvgIpc) is 3.27. The number of halogens is 2. The van der Waals surface area contributed by atoms with Crippen LogP contribution in [0.1, 0.15) is 31.4 Å². The smallest absolute Gasteiger partial charge is 0.243 e. The molecule has 2 aromatic carbocycles. The number of nitrogens with one attached hydrogen (secondary N) is 3. The van der Waals surface area contributed by atoms with Crippen molar-refractivity contribution in [3.05, 3.63) is 59.9 Å². The van der Waals surface area contributed by atoms with Crippen LogP contribution < -0.4 is 20.9 Å². The molecule has 8 heteroatoms. The van der Waals surface area contributed by atoms with E-state index in [0.29, 0.717) is 11.6 Å². The van der Waals surface area contributed by atoms with Crippen LogP contribution in [0.25, 0.3) is 0 Å². The van der Waals surface area contributed by atoms with Crippen molar-refractivity contribution in [1.82, 2.24) is 10.6 Å².